The smallest absolute Gasteiger partial charge is 0.347 e. The first-order valence-electron chi connectivity index (χ1n) is 4.95. The third kappa shape index (κ3) is 2.40. The van der Waals surface area contributed by atoms with Crippen LogP contribution < -0.4 is 0 Å². The van der Waals surface area contributed by atoms with Crippen molar-refractivity contribution in [2.75, 3.05) is 0 Å². The van der Waals surface area contributed by atoms with E-state index in [1.807, 2.05) is 26.0 Å². The predicted octanol–water partition coefficient (Wildman–Crippen LogP) is 3.89. The summed E-state index contributed by atoms with van der Waals surface area (Å²) in [4.78, 5) is 15.2. The Labute approximate surface area is 111 Å². The summed E-state index contributed by atoms with van der Waals surface area (Å²) in [6.45, 7) is 4.01. The van der Waals surface area contributed by atoms with Gasteiger partial charge in [-0.1, -0.05) is 15.9 Å². The number of carboxylic acids is 1. The Kier molecular flexibility index (Phi) is 3.31. The van der Waals surface area contributed by atoms with E-state index in [0.717, 1.165) is 26.2 Å². The molecule has 1 N–H and O–H groups in total. The van der Waals surface area contributed by atoms with E-state index in [1.54, 1.807) is 0 Å². The minimum Gasteiger partial charge on any atom is -0.477 e. The molecule has 88 valence electrons. The molecule has 1 heterocycles. The van der Waals surface area contributed by atoms with Gasteiger partial charge in [0.25, 0.3) is 0 Å². The first-order chi connectivity index (χ1) is 7.99. The Balaban J connectivity index is 2.49. The Hall–Kier alpha value is -1.20. The van der Waals surface area contributed by atoms with Crippen molar-refractivity contribution in [1.82, 2.24) is 4.98 Å². The summed E-state index contributed by atoms with van der Waals surface area (Å²) in [6.07, 6.45) is 1.40. The normalized spacial score (nSPS) is 10.5. The summed E-state index contributed by atoms with van der Waals surface area (Å²) in [7, 11) is 0. The second kappa shape index (κ2) is 4.58. The zero-order valence-corrected chi connectivity index (χ0v) is 11.7. The molecule has 0 aliphatic heterocycles. The first kappa shape index (κ1) is 12.3. The maximum absolute atomic E-state index is 10.8. The third-order valence-electron chi connectivity index (χ3n) is 2.40. The number of hydrogen-bond donors (Lipinski definition) is 1. The third-order valence-corrected chi connectivity index (χ3v) is 4.69. The Morgan fingerprint density at radius 3 is 2.41 bits per heavy atom. The van der Waals surface area contributed by atoms with Gasteiger partial charge in [-0.15, -0.1) is 11.3 Å². The number of halogens is 1. The molecule has 3 nitrogen and oxygen atoms in total. The van der Waals surface area contributed by atoms with Crippen LogP contribution >= 0.6 is 27.3 Å². The maximum Gasteiger partial charge on any atom is 0.347 e. The fourth-order valence-electron chi connectivity index (χ4n) is 1.58. The van der Waals surface area contributed by atoms with Crippen LogP contribution in [0.5, 0.6) is 0 Å². The molecule has 0 bridgehead atoms. The summed E-state index contributed by atoms with van der Waals surface area (Å²) in [5.74, 6) is -0.931. The van der Waals surface area contributed by atoms with Gasteiger partial charge in [-0.25, -0.2) is 9.78 Å². The summed E-state index contributed by atoms with van der Waals surface area (Å²) >= 11 is 4.69. The number of carbonyl (C=O) groups is 1. The van der Waals surface area contributed by atoms with Crippen LogP contribution in [-0.4, -0.2) is 16.1 Å². The molecule has 0 spiro atoms. The van der Waals surface area contributed by atoms with Crippen LogP contribution in [0.15, 0.2) is 22.8 Å². The second-order valence-electron chi connectivity index (χ2n) is 3.76. The van der Waals surface area contributed by atoms with Crippen molar-refractivity contribution in [3.63, 3.8) is 0 Å². The molecule has 1 aromatic heterocycles. The average Bonchev–Trinajstić information content (AvgIpc) is 2.74. The molecule has 0 saturated heterocycles. The van der Waals surface area contributed by atoms with E-state index in [1.165, 1.54) is 17.5 Å². The summed E-state index contributed by atoms with van der Waals surface area (Å²) in [5, 5.41) is 9.60. The van der Waals surface area contributed by atoms with Crippen molar-refractivity contribution in [2.45, 2.75) is 13.8 Å². The van der Waals surface area contributed by atoms with Gasteiger partial charge < -0.3 is 5.11 Å². The first-order valence-corrected chi connectivity index (χ1v) is 6.56. The van der Waals surface area contributed by atoms with E-state index in [9.17, 15) is 4.79 Å². The molecule has 2 rings (SSSR count). The zero-order valence-electron chi connectivity index (χ0n) is 9.32. The van der Waals surface area contributed by atoms with Crippen molar-refractivity contribution < 1.29 is 9.90 Å². The van der Waals surface area contributed by atoms with E-state index in [-0.39, 0.29) is 4.88 Å². The van der Waals surface area contributed by atoms with Crippen LogP contribution in [0, 0.1) is 13.8 Å². The lowest BCUT2D eigenvalue weighted by atomic mass is 10.1. The molecule has 0 amide bonds. The SMILES string of the molecule is Cc1cc(-c2ncc(C(=O)O)s2)cc(C)c1Br. The topological polar surface area (TPSA) is 50.2 Å². The number of thiazole rings is 1. The molecule has 0 atom stereocenters. The van der Waals surface area contributed by atoms with Crippen LogP contribution in [-0.2, 0) is 0 Å². The van der Waals surface area contributed by atoms with Crippen LogP contribution in [0.4, 0.5) is 0 Å². The van der Waals surface area contributed by atoms with Crippen LogP contribution in [0.25, 0.3) is 10.6 Å². The molecule has 17 heavy (non-hydrogen) atoms. The monoisotopic (exact) mass is 311 g/mol. The fraction of sp³-hybridized carbons (Fsp3) is 0.167. The number of rotatable bonds is 2. The van der Waals surface area contributed by atoms with Crippen molar-refractivity contribution in [3.8, 4) is 10.6 Å². The average molecular weight is 312 g/mol. The van der Waals surface area contributed by atoms with Gasteiger partial charge in [0.15, 0.2) is 0 Å². The van der Waals surface area contributed by atoms with E-state index in [4.69, 9.17) is 5.11 Å². The summed E-state index contributed by atoms with van der Waals surface area (Å²) in [5.41, 5.74) is 3.19. The van der Waals surface area contributed by atoms with Gasteiger partial charge in [-0.05, 0) is 37.1 Å². The zero-order chi connectivity index (χ0) is 12.6. The molecule has 0 radical (unpaired) electrons. The maximum atomic E-state index is 10.8. The predicted molar refractivity (Wildman–Crippen MR) is 71.7 cm³/mol. The minimum atomic E-state index is -0.931. The molecule has 0 saturated carbocycles. The van der Waals surface area contributed by atoms with E-state index in [2.05, 4.69) is 20.9 Å². The number of benzene rings is 1. The molecule has 0 unspecified atom stereocenters. The summed E-state index contributed by atoms with van der Waals surface area (Å²) < 4.78 is 1.08. The standard InChI is InChI=1S/C12H10BrNO2S/c1-6-3-8(4-7(2)10(6)13)11-14-5-9(17-11)12(15)16/h3-5H,1-2H3,(H,15,16). The lowest BCUT2D eigenvalue weighted by molar-refractivity contribution is 0.0702. The molecule has 0 aliphatic rings. The van der Waals surface area contributed by atoms with Crippen molar-refractivity contribution in [3.05, 3.63) is 38.8 Å². The fourth-order valence-corrected chi connectivity index (χ4v) is 2.55. The van der Waals surface area contributed by atoms with Crippen LogP contribution in [0.1, 0.15) is 20.8 Å². The van der Waals surface area contributed by atoms with Gasteiger partial charge in [0.05, 0.1) is 6.20 Å². The molecule has 0 fully saturated rings. The van der Waals surface area contributed by atoms with E-state index >= 15 is 0 Å². The molecule has 0 aliphatic carbocycles. The number of aryl methyl sites for hydroxylation is 2. The van der Waals surface area contributed by atoms with E-state index < -0.39 is 5.97 Å². The van der Waals surface area contributed by atoms with Crippen molar-refractivity contribution in [1.29, 1.82) is 0 Å². The van der Waals surface area contributed by atoms with Gasteiger partial charge in [0, 0.05) is 10.0 Å². The van der Waals surface area contributed by atoms with E-state index in [0.29, 0.717) is 0 Å². The largest absolute Gasteiger partial charge is 0.477 e. The lowest BCUT2D eigenvalue weighted by Crippen LogP contribution is -1.89. The van der Waals surface area contributed by atoms with Crippen LogP contribution in [0.2, 0.25) is 0 Å². The highest BCUT2D eigenvalue weighted by molar-refractivity contribution is 9.10. The molecule has 2 aromatic rings. The van der Waals surface area contributed by atoms with Gasteiger partial charge in [0.1, 0.15) is 9.88 Å². The second-order valence-corrected chi connectivity index (χ2v) is 5.58. The number of carboxylic acid groups (broad SMARTS) is 1. The molecular formula is C12H10BrNO2S. The number of aromatic nitrogens is 1. The molecule has 1 aromatic carbocycles. The Morgan fingerprint density at radius 1 is 1.35 bits per heavy atom. The number of hydrogen-bond acceptors (Lipinski definition) is 3. The summed E-state index contributed by atoms with van der Waals surface area (Å²) in [6, 6.07) is 4.00. The van der Waals surface area contributed by atoms with Gasteiger partial charge in [0.2, 0.25) is 0 Å². The highest BCUT2D eigenvalue weighted by Crippen LogP contribution is 2.30. The molecular weight excluding hydrogens is 302 g/mol. The lowest BCUT2D eigenvalue weighted by Gasteiger charge is -2.05. The Bertz CT molecular complexity index is 569. The highest BCUT2D eigenvalue weighted by atomic mass is 79.9. The number of aromatic carboxylic acids is 1. The van der Waals surface area contributed by atoms with Crippen molar-refractivity contribution >= 4 is 33.2 Å². The van der Waals surface area contributed by atoms with Gasteiger partial charge in [-0.2, -0.15) is 0 Å². The quantitative estimate of drug-likeness (QED) is 0.915. The minimum absolute atomic E-state index is 0.262. The molecule has 5 heteroatoms. The van der Waals surface area contributed by atoms with Gasteiger partial charge >= 0.3 is 5.97 Å². The Morgan fingerprint density at radius 2 is 1.94 bits per heavy atom. The van der Waals surface area contributed by atoms with Gasteiger partial charge in [-0.3, -0.25) is 0 Å². The number of nitrogens with zero attached hydrogens (tertiary/aromatic N) is 1. The highest BCUT2D eigenvalue weighted by Gasteiger charge is 2.11. The van der Waals surface area contributed by atoms with Crippen LogP contribution in [0.3, 0.4) is 0 Å². The van der Waals surface area contributed by atoms with Crippen molar-refractivity contribution in [2.24, 2.45) is 0 Å².